The molecule has 0 saturated heterocycles. The Hall–Kier alpha value is 0.450. The molecule has 0 rings (SSSR count). The van der Waals surface area contributed by atoms with Crippen molar-refractivity contribution in [2.75, 3.05) is 52.0 Å². The summed E-state index contributed by atoms with van der Waals surface area (Å²) >= 11 is 0. The van der Waals surface area contributed by atoms with Crippen LogP contribution in [0.2, 0.25) is 0 Å². The van der Waals surface area contributed by atoms with Crippen LogP contribution in [0.25, 0.3) is 0 Å². The summed E-state index contributed by atoms with van der Waals surface area (Å²) in [5.41, 5.74) is -1.04. The summed E-state index contributed by atoms with van der Waals surface area (Å²) in [5.74, 6) is 0. The average Bonchev–Trinajstić information content (AvgIpc) is 2.55. The zero-order valence-electron chi connectivity index (χ0n) is 17.3. The molecule has 0 amide bonds. The van der Waals surface area contributed by atoms with Gasteiger partial charge in [0.2, 0.25) is 0 Å². The second-order valence-corrected chi connectivity index (χ2v) is 11.8. The average molecular weight is 452 g/mol. The van der Waals surface area contributed by atoms with Gasteiger partial charge in [0.05, 0.1) is 57.6 Å². The zero-order valence-corrected chi connectivity index (χ0v) is 19.9. The van der Waals surface area contributed by atoms with Crippen LogP contribution in [0.5, 0.6) is 0 Å². The molecule has 0 aromatic rings. The molecule has 0 aromatic carbocycles. The van der Waals surface area contributed by atoms with E-state index in [2.05, 4.69) is 0 Å². The highest BCUT2D eigenvalue weighted by molar-refractivity contribution is 7.61. The third-order valence-electron chi connectivity index (χ3n) is 3.24. The predicted octanol–water partition coefficient (Wildman–Crippen LogP) is 5.15. The molecule has 0 bridgehead atoms. The Bertz CT molecular complexity index is 479. The first-order valence-corrected chi connectivity index (χ1v) is 14.4. The summed E-state index contributed by atoms with van der Waals surface area (Å²) in [7, 11) is -11.0. The molecular weight excluding hydrogens is 417 g/mol. The minimum atomic E-state index is -3.78. The minimum absolute atomic E-state index is 0.106. The Labute approximate surface area is 163 Å². The lowest BCUT2D eigenvalue weighted by molar-refractivity contribution is 0.199. The maximum atomic E-state index is 13.4. The lowest BCUT2D eigenvalue weighted by Crippen LogP contribution is -2.25. The van der Waals surface area contributed by atoms with Crippen LogP contribution in [-0.4, -0.2) is 57.6 Å². The Morgan fingerprint density at radius 2 is 0.778 bits per heavy atom. The Balaban J connectivity index is 5.95. The lowest BCUT2D eigenvalue weighted by atomic mass is 10.5. The number of rotatable bonds is 17. The van der Waals surface area contributed by atoms with Crippen LogP contribution in [0.4, 0.5) is 0 Å². The molecule has 0 heterocycles. The van der Waals surface area contributed by atoms with Gasteiger partial charge in [0.15, 0.2) is 0 Å². The molecule has 12 heteroatoms. The van der Waals surface area contributed by atoms with Crippen LogP contribution in [0.15, 0.2) is 0 Å². The fourth-order valence-electron chi connectivity index (χ4n) is 2.45. The van der Waals surface area contributed by atoms with Crippen molar-refractivity contribution >= 4 is 22.8 Å². The molecule has 0 N–H and O–H groups in total. The van der Waals surface area contributed by atoms with Gasteiger partial charge in [-0.3, -0.25) is 13.7 Å². The van der Waals surface area contributed by atoms with Crippen LogP contribution >= 0.6 is 22.8 Å². The molecule has 0 aliphatic heterocycles. The van der Waals surface area contributed by atoms with E-state index >= 15 is 0 Å². The molecule has 9 nitrogen and oxygen atoms in total. The van der Waals surface area contributed by atoms with Gasteiger partial charge in [-0.25, -0.2) is 0 Å². The van der Waals surface area contributed by atoms with E-state index in [1.165, 1.54) is 0 Å². The first-order chi connectivity index (χ1) is 12.7. The van der Waals surface area contributed by atoms with Gasteiger partial charge in [0.25, 0.3) is 0 Å². The van der Waals surface area contributed by atoms with Crippen molar-refractivity contribution in [2.45, 2.75) is 47.2 Å². The van der Waals surface area contributed by atoms with Crippen LogP contribution in [-0.2, 0) is 40.8 Å². The quantitative estimate of drug-likeness (QED) is 0.277. The van der Waals surface area contributed by atoms with Gasteiger partial charge in [-0.05, 0) is 41.5 Å². The van der Waals surface area contributed by atoms with Crippen molar-refractivity contribution in [3.8, 4) is 0 Å². The van der Waals surface area contributed by atoms with E-state index in [0.29, 0.717) is 0 Å². The largest absolute Gasteiger partial charge is 0.334 e. The SMILES string of the molecule is CCOP(=O)(CC(CP(=O)(OCC)OCC)P(=O)(OCC)OCC)OCC. The van der Waals surface area contributed by atoms with Gasteiger partial charge in [-0.15, -0.1) is 0 Å². The van der Waals surface area contributed by atoms with Gasteiger partial charge >= 0.3 is 22.8 Å². The van der Waals surface area contributed by atoms with Crippen LogP contribution in [0.3, 0.4) is 0 Å². The zero-order chi connectivity index (χ0) is 21.0. The molecule has 164 valence electrons. The molecular formula is C15H35O9P3. The fraction of sp³-hybridized carbons (Fsp3) is 1.00. The van der Waals surface area contributed by atoms with Gasteiger partial charge in [0.1, 0.15) is 0 Å². The highest BCUT2D eigenvalue weighted by Crippen LogP contribution is 2.64. The Morgan fingerprint density at radius 3 is 1.00 bits per heavy atom. The van der Waals surface area contributed by atoms with Crippen LogP contribution < -0.4 is 0 Å². The van der Waals surface area contributed by atoms with Gasteiger partial charge in [-0.1, -0.05) is 0 Å². The molecule has 0 radical (unpaired) electrons. The first-order valence-electron chi connectivity index (χ1n) is 9.33. The highest BCUT2D eigenvalue weighted by Gasteiger charge is 2.46. The second-order valence-electron chi connectivity index (χ2n) is 5.29. The minimum Gasteiger partial charge on any atom is -0.309 e. The molecule has 0 saturated carbocycles. The third-order valence-corrected chi connectivity index (χ3v) is 10.7. The molecule has 0 aliphatic carbocycles. The molecule has 0 aliphatic rings. The van der Waals surface area contributed by atoms with E-state index in [4.69, 9.17) is 27.1 Å². The van der Waals surface area contributed by atoms with Gasteiger partial charge < -0.3 is 27.1 Å². The van der Waals surface area contributed by atoms with Crippen molar-refractivity contribution in [3.05, 3.63) is 0 Å². The van der Waals surface area contributed by atoms with Crippen molar-refractivity contribution in [1.29, 1.82) is 0 Å². The fourth-order valence-corrected chi connectivity index (χ4v) is 10.1. The molecule has 0 fully saturated rings. The van der Waals surface area contributed by atoms with Crippen molar-refractivity contribution in [1.82, 2.24) is 0 Å². The summed E-state index contributed by atoms with van der Waals surface area (Å²) in [5, 5.41) is 0. The lowest BCUT2D eigenvalue weighted by Gasteiger charge is -2.30. The molecule has 0 atom stereocenters. The molecule has 0 unspecified atom stereocenters. The van der Waals surface area contributed by atoms with Gasteiger partial charge in [0, 0.05) is 0 Å². The first kappa shape index (κ1) is 27.5. The predicted molar refractivity (Wildman–Crippen MR) is 106 cm³/mol. The van der Waals surface area contributed by atoms with E-state index in [-0.39, 0.29) is 52.0 Å². The Kier molecular flexibility index (Phi) is 13.9. The number of hydrogen-bond acceptors (Lipinski definition) is 9. The van der Waals surface area contributed by atoms with Crippen molar-refractivity contribution in [2.24, 2.45) is 0 Å². The summed E-state index contributed by atoms with van der Waals surface area (Å²) in [6.07, 6.45) is -0.563. The summed E-state index contributed by atoms with van der Waals surface area (Å²) < 4.78 is 71.5. The van der Waals surface area contributed by atoms with E-state index < -0.39 is 28.4 Å². The molecule has 0 spiro atoms. The Morgan fingerprint density at radius 1 is 0.519 bits per heavy atom. The van der Waals surface area contributed by atoms with E-state index in [0.717, 1.165) is 0 Å². The van der Waals surface area contributed by atoms with Crippen LogP contribution in [0.1, 0.15) is 41.5 Å². The standard InChI is InChI=1S/C15H35O9P3/c1-7-19-25(16,20-8-2)13-15(27(18,23-11-5)24-12-6)14-26(17,21-9-3)22-10-4/h15H,7-14H2,1-6H3. The maximum absolute atomic E-state index is 13.4. The van der Waals surface area contributed by atoms with Crippen molar-refractivity contribution < 1.29 is 40.8 Å². The molecule has 27 heavy (non-hydrogen) atoms. The summed E-state index contributed by atoms with van der Waals surface area (Å²) in [6.45, 7) is 10.8. The topological polar surface area (TPSA) is 107 Å². The van der Waals surface area contributed by atoms with Gasteiger partial charge in [-0.2, -0.15) is 0 Å². The molecule has 0 aromatic heterocycles. The van der Waals surface area contributed by atoms with E-state index in [1.54, 1.807) is 41.5 Å². The maximum Gasteiger partial charge on any atom is 0.334 e. The van der Waals surface area contributed by atoms with Crippen molar-refractivity contribution in [3.63, 3.8) is 0 Å². The highest BCUT2D eigenvalue weighted by atomic mass is 31.2. The van der Waals surface area contributed by atoms with E-state index in [1.807, 2.05) is 0 Å². The third kappa shape index (κ3) is 9.66. The normalized spacial score (nSPS) is 13.4. The smallest absolute Gasteiger partial charge is 0.309 e. The monoisotopic (exact) mass is 452 g/mol. The van der Waals surface area contributed by atoms with E-state index in [9.17, 15) is 13.7 Å². The van der Waals surface area contributed by atoms with Crippen LogP contribution in [0, 0.1) is 0 Å². The number of hydrogen-bond donors (Lipinski definition) is 0. The summed E-state index contributed by atoms with van der Waals surface area (Å²) in [4.78, 5) is 0. The summed E-state index contributed by atoms with van der Waals surface area (Å²) in [6, 6.07) is 0. The second kappa shape index (κ2) is 13.6.